The summed E-state index contributed by atoms with van der Waals surface area (Å²) >= 11 is 0. The molecular weight excluding hydrogens is 506 g/mol. The second-order valence-corrected chi connectivity index (χ2v) is 11.8. The Morgan fingerprint density at radius 3 is 1.56 bits per heavy atom. The molecule has 0 atom stereocenters. The summed E-state index contributed by atoms with van der Waals surface area (Å²) in [5, 5.41) is -4.56. The molecule has 1 saturated carbocycles. The Kier molecular flexibility index (Phi) is 10.0. The molecule has 0 spiro atoms. The number of esters is 1. The van der Waals surface area contributed by atoms with E-state index in [-0.39, 0.29) is 10.9 Å². The van der Waals surface area contributed by atoms with E-state index in [1.54, 1.807) is 0 Å². The van der Waals surface area contributed by atoms with Crippen LogP contribution in [0.25, 0.3) is 0 Å². The molecule has 0 aliphatic heterocycles. The molecule has 0 radical (unpaired) electrons. The largest absolute Gasteiger partial charge is 0.743 e. The molecule has 0 aromatic heterocycles. The van der Waals surface area contributed by atoms with Crippen molar-refractivity contribution in [1.29, 1.82) is 0 Å². The fourth-order valence-corrected chi connectivity index (χ4v) is 6.07. The predicted molar refractivity (Wildman–Crippen MR) is 134 cm³/mol. The van der Waals surface area contributed by atoms with Gasteiger partial charge in [0, 0.05) is 0 Å². The van der Waals surface area contributed by atoms with Crippen LogP contribution < -0.4 is 0 Å². The van der Waals surface area contributed by atoms with Crippen LogP contribution in [0.3, 0.4) is 0 Å². The number of carbonyl (C=O) groups is 1. The van der Waals surface area contributed by atoms with Crippen LogP contribution in [0.15, 0.2) is 106 Å². The third-order valence-electron chi connectivity index (χ3n) is 5.62. The van der Waals surface area contributed by atoms with E-state index in [1.807, 2.05) is 0 Å². The lowest BCUT2D eigenvalue weighted by atomic mass is 9.89. The molecule has 3 aromatic rings. The lowest BCUT2D eigenvalue weighted by molar-refractivity contribution is -0.155. The van der Waals surface area contributed by atoms with Gasteiger partial charge in [-0.1, -0.05) is 73.9 Å². The van der Waals surface area contributed by atoms with Crippen LogP contribution in [0, 0.1) is 5.92 Å². The average molecular weight is 535 g/mol. The standard InChI is InChI=1S/C18H15S.C9H14F2O5S/c1-4-10-16(11-5-1)19(17-12-6-2-7-13-17)18-14-8-3-9-15-18;10-9(11,17(13,14)15)6-16-8(12)7-4-2-1-3-5-7/h1-15H;7H,1-6H2,(H,13,14,15)/q+1;/p-1. The van der Waals surface area contributed by atoms with Gasteiger partial charge in [-0.05, 0) is 49.2 Å². The molecule has 1 aliphatic rings. The number of hydrogen-bond acceptors (Lipinski definition) is 5. The Hall–Kier alpha value is -2.75. The van der Waals surface area contributed by atoms with Crippen molar-refractivity contribution in [3.05, 3.63) is 91.0 Å². The molecule has 0 unspecified atom stereocenters. The Morgan fingerprint density at radius 2 is 1.19 bits per heavy atom. The summed E-state index contributed by atoms with van der Waals surface area (Å²) < 4.78 is 60.0. The lowest BCUT2D eigenvalue weighted by Gasteiger charge is -2.23. The number of rotatable bonds is 7. The van der Waals surface area contributed by atoms with E-state index >= 15 is 0 Å². The van der Waals surface area contributed by atoms with E-state index in [2.05, 4.69) is 95.7 Å². The van der Waals surface area contributed by atoms with Crippen molar-refractivity contribution in [2.45, 2.75) is 52.0 Å². The summed E-state index contributed by atoms with van der Waals surface area (Å²) in [4.78, 5) is 15.4. The normalized spacial score (nSPS) is 14.6. The number of halogens is 2. The molecule has 5 nitrogen and oxygen atoms in total. The third-order valence-corrected chi connectivity index (χ3v) is 8.70. The van der Waals surface area contributed by atoms with Crippen molar-refractivity contribution < 1.29 is 31.3 Å². The van der Waals surface area contributed by atoms with E-state index in [0.29, 0.717) is 12.8 Å². The van der Waals surface area contributed by atoms with Gasteiger partial charge in [0.05, 0.1) is 16.8 Å². The van der Waals surface area contributed by atoms with Gasteiger partial charge in [0.25, 0.3) is 0 Å². The van der Waals surface area contributed by atoms with Gasteiger partial charge in [-0.25, -0.2) is 8.42 Å². The van der Waals surface area contributed by atoms with E-state index in [4.69, 9.17) is 0 Å². The molecule has 192 valence electrons. The first kappa shape index (κ1) is 27.8. The summed E-state index contributed by atoms with van der Waals surface area (Å²) in [7, 11) is -5.80. The average Bonchev–Trinajstić information content (AvgIpc) is 2.90. The molecule has 4 rings (SSSR count). The van der Waals surface area contributed by atoms with Crippen LogP contribution in [-0.2, 0) is 30.5 Å². The van der Waals surface area contributed by atoms with Gasteiger partial charge >= 0.3 is 11.2 Å². The minimum absolute atomic E-state index is 0.0146. The second kappa shape index (κ2) is 13.0. The van der Waals surface area contributed by atoms with Crippen molar-refractivity contribution >= 4 is 27.0 Å². The second-order valence-electron chi connectivity index (χ2n) is 8.28. The van der Waals surface area contributed by atoms with Gasteiger partial charge in [-0.2, -0.15) is 8.78 Å². The quantitative estimate of drug-likeness (QED) is 0.210. The number of hydrogen-bond donors (Lipinski definition) is 0. The number of ether oxygens (including phenoxy) is 1. The van der Waals surface area contributed by atoms with Crippen LogP contribution >= 0.6 is 0 Å². The summed E-state index contributed by atoms with van der Waals surface area (Å²) in [6.07, 6.45) is 3.71. The Labute approximate surface area is 213 Å². The van der Waals surface area contributed by atoms with Gasteiger partial charge in [0.1, 0.15) is 0 Å². The Balaban J connectivity index is 0.000000202. The summed E-state index contributed by atoms with van der Waals surface area (Å²) in [6.45, 7) is -1.70. The molecule has 1 fully saturated rings. The lowest BCUT2D eigenvalue weighted by Crippen LogP contribution is -2.36. The van der Waals surface area contributed by atoms with Crippen molar-refractivity contribution in [2.75, 3.05) is 6.61 Å². The summed E-state index contributed by atoms with van der Waals surface area (Å²) in [6, 6.07) is 32.2. The fourth-order valence-electron chi connectivity index (χ4n) is 3.76. The maximum atomic E-state index is 12.7. The zero-order chi connectivity index (χ0) is 26.0. The highest BCUT2D eigenvalue weighted by molar-refractivity contribution is 7.97. The number of carbonyl (C=O) groups excluding carboxylic acids is 1. The van der Waals surface area contributed by atoms with Crippen LogP contribution in [0.2, 0.25) is 0 Å². The molecule has 0 bridgehead atoms. The highest BCUT2D eigenvalue weighted by atomic mass is 32.2. The van der Waals surface area contributed by atoms with Crippen LogP contribution in [0.5, 0.6) is 0 Å². The van der Waals surface area contributed by atoms with E-state index in [1.165, 1.54) is 14.7 Å². The van der Waals surface area contributed by atoms with Crippen molar-refractivity contribution in [3.63, 3.8) is 0 Å². The number of alkyl halides is 2. The zero-order valence-corrected chi connectivity index (χ0v) is 21.2. The number of benzene rings is 3. The van der Waals surface area contributed by atoms with Gasteiger partial charge in [-0.3, -0.25) is 4.79 Å². The minimum Gasteiger partial charge on any atom is -0.743 e. The van der Waals surface area contributed by atoms with E-state index < -0.39 is 33.9 Å². The van der Waals surface area contributed by atoms with Gasteiger partial charge < -0.3 is 9.29 Å². The monoisotopic (exact) mass is 534 g/mol. The maximum Gasteiger partial charge on any atom is 0.367 e. The van der Waals surface area contributed by atoms with Crippen molar-refractivity contribution in [1.82, 2.24) is 0 Å². The van der Waals surface area contributed by atoms with E-state index in [0.717, 1.165) is 19.3 Å². The molecule has 9 heteroatoms. The topological polar surface area (TPSA) is 83.5 Å². The van der Waals surface area contributed by atoms with Gasteiger partial charge in [-0.15, -0.1) is 0 Å². The Morgan fingerprint density at radius 1 is 0.806 bits per heavy atom. The first-order valence-corrected chi connectivity index (χ1v) is 14.2. The van der Waals surface area contributed by atoms with Crippen LogP contribution in [0.4, 0.5) is 8.78 Å². The predicted octanol–water partition coefficient (Wildman–Crippen LogP) is 6.03. The molecule has 3 aromatic carbocycles. The molecule has 0 amide bonds. The molecule has 0 N–H and O–H groups in total. The first-order chi connectivity index (χ1) is 17.2. The van der Waals surface area contributed by atoms with Crippen molar-refractivity contribution in [3.8, 4) is 0 Å². The maximum absolute atomic E-state index is 12.7. The molecule has 36 heavy (non-hydrogen) atoms. The van der Waals surface area contributed by atoms with Crippen LogP contribution in [0.1, 0.15) is 32.1 Å². The first-order valence-electron chi connectivity index (χ1n) is 11.6. The van der Waals surface area contributed by atoms with Crippen LogP contribution in [-0.4, -0.2) is 30.8 Å². The summed E-state index contributed by atoms with van der Waals surface area (Å²) in [5.74, 6) is -1.32. The Bertz CT molecular complexity index is 1090. The SMILES string of the molecule is O=C(OCC(F)(F)S(=O)(=O)[O-])C1CCCCC1.c1ccc([S+](c2ccccc2)c2ccccc2)cc1. The molecule has 0 heterocycles. The fraction of sp³-hybridized carbons (Fsp3) is 0.296. The smallest absolute Gasteiger partial charge is 0.367 e. The zero-order valence-electron chi connectivity index (χ0n) is 19.6. The van der Waals surface area contributed by atoms with Gasteiger partial charge in [0.15, 0.2) is 31.4 Å². The molecule has 0 saturated heterocycles. The third kappa shape index (κ3) is 7.88. The molecular formula is C27H28F2O5S2. The van der Waals surface area contributed by atoms with Crippen molar-refractivity contribution in [2.24, 2.45) is 5.92 Å². The van der Waals surface area contributed by atoms with E-state index in [9.17, 15) is 26.5 Å². The highest BCUT2D eigenvalue weighted by Gasteiger charge is 2.40. The minimum atomic E-state index is -5.79. The highest BCUT2D eigenvalue weighted by Crippen LogP contribution is 2.30. The van der Waals surface area contributed by atoms with Gasteiger partial charge in [0.2, 0.25) is 0 Å². The molecule has 1 aliphatic carbocycles. The summed E-state index contributed by atoms with van der Waals surface area (Å²) in [5.41, 5.74) is 0.